The van der Waals surface area contributed by atoms with Crippen LogP contribution in [-0.4, -0.2) is 14.9 Å². The maximum Gasteiger partial charge on any atom is 0.183 e. The van der Waals surface area contributed by atoms with Crippen molar-refractivity contribution in [1.29, 1.82) is 0 Å². The Kier molecular flexibility index (Phi) is 2.36. The summed E-state index contributed by atoms with van der Waals surface area (Å²) in [5.74, 6) is 2.57. The van der Waals surface area contributed by atoms with E-state index in [9.17, 15) is 0 Å². The van der Waals surface area contributed by atoms with Crippen LogP contribution in [0, 0.1) is 17.8 Å². The summed E-state index contributed by atoms with van der Waals surface area (Å²) in [5.41, 5.74) is 0. The van der Waals surface area contributed by atoms with E-state index in [1.54, 1.807) is 0 Å². The minimum absolute atomic E-state index is 0.835. The molecular weight excluding hydrogens is 176 g/mol. The molecule has 0 amide bonds. The smallest absolute Gasteiger partial charge is 0.183 e. The quantitative estimate of drug-likeness (QED) is 0.498. The standard InChI is InChI=1S/C11H20OSi/c1-13(2,3)12-8-11-7-9-4-5-10(11)6-9/h4-5,9-11H,6-8H2,1-3H3. The lowest BCUT2D eigenvalue weighted by Crippen LogP contribution is -2.29. The van der Waals surface area contributed by atoms with Crippen LogP contribution in [0.3, 0.4) is 0 Å². The Balaban J connectivity index is 1.81. The predicted octanol–water partition coefficient (Wildman–Crippen LogP) is 3.05. The van der Waals surface area contributed by atoms with Crippen molar-refractivity contribution in [2.45, 2.75) is 32.5 Å². The molecule has 0 aromatic rings. The number of hydrogen-bond acceptors (Lipinski definition) is 1. The molecule has 0 spiro atoms. The summed E-state index contributed by atoms with van der Waals surface area (Å²) < 4.78 is 5.97. The van der Waals surface area contributed by atoms with E-state index in [4.69, 9.17) is 4.43 Å². The molecule has 0 N–H and O–H groups in total. The Hall–Kier alpha value is -0.0831. The van der Waals surface area contributed by atoms with E-state index in [0.29, 0.717) is 0 Å². The molecule has 0 aromatic carbocycles. The summed E-state index contributed by atoms with van der Waals surface area (Å²) in [6.45, 7) is 7.84. The van der Waals surface area contributed by atoms with E-state index < -0.39 is 8.32 Å². The molecule has 3 unspecified atom stereocenters. The van der Waals surface area contributed by atoms with Crippen LogP contribution in [0.2, 0.25) is 19.6 Å². The third-order valence-corrected chi connectivity index (χ3v) is 4.18. The number of hydrogen-bond donors (Lipinski definition) is 0. The van der Waals surface area contributed by atoms with Gasteiger partial charge in [0.15, 0.2) is 8.32 Å². The Morgan fingerprint density at radius 3 is 2.46 bits per heavy atom. The lowest BCUT2D eigenvalue weighted by molar-refractivity contribution is 0.222. The molecule has 1 fully saturated rings. The zero-order valence-corrected chi connectivity index (χ0v) is 9.92. The molecule has 0 aliphatic heterocycles. The van der Waals surface area contributed by atoms with Gasteiger partial charge in [-0.25, -0.2) is 0 Å². The zero-order valence-electron chi connectivity index (χ0n) is 8.92. The van der Waals surface area contributed by atoms with Crippen molar-refractivity contribution in [1.82, 2.24) is 0 Å². The molecule has 2 heteroatoms. The molecule has 74 valence electrons. The maximum atomic E-state index is 5.97. The fraction of sp³-hybridized carbons (Fsp3) is 0.818. The van der Waals surface area contributed by atoms with Gasteiger partial charge in [0.05, 0.1) is 0 Å². The third kappa shape index (κ3) is 2.23. The van der Waals surface area contributed by atoms with Crippen molar-refractivity contribution in [3.8, 4) is 0 Å². The highest BCUT2D eigenvalue weighted by Gasteiger charge is 2.36. The molecule has 3 atom stereocenters. The predicted molar refractivity (Wildman–Crippen MR) is 58.1 cm³/mol. The fourth-order valence-corrected chi connectivity index (χ4v) is 3.16. The van der Waals surface area contributed by atoms with Crippen molar-refractivity contribution in [2.24, 2.45) is 17.8 Å². The second-order valence-corrected chi connectivity index (χ2v) is 9.98. The summed E-state index contributed by atoms with van der Waals surface area (Å²) in [6, 6.07) is 0. The van der Waals surface area contributed by atoms with E-state index in [1.165, 1.54) is 12.8 Å². The van der Waals surface area contributed by atoms with Crippen molar-refractivity contribution < 1.29 is 4.43 Å². The summed E-state index contributed by atoms with van der Waals surface area (Å²) in [4.78, 5) is 0. The Labute approximate surface area is 82.3 Å². The topological polar surface area (TPSA) is 9.23 Å². The Morgan fingerprint density at radius 1 is 1.23 bits per heavy atom. The Morgan fingerprint density at radius 2 is 2.00 bits per heavy atom. The van der Waals surface area contributed by atoms with Crippen LogP contribution in [0.25, 0.3) is 0 Å². The van der Waals surface area contributed by atoms with Gasteiger partial charge in [0.1, 0.15) is 0 Å². The van der Waals surface area contributed by atoms with Gasteiger partial charge < -0.3 is 4.43 Å². The number of rotatable bonds is 3. The van der Waals surface area contributed by atoms with Gasteiger partial charge in [-0.2, -0.15) is 0 Å². The molecule has 1 nitrogen and oxygen atoms in total. The minimum atomic E-state index is -1.28. The van der Waals surface area contributed by atoms with E-state index in [2.05, 4.69) is 31.8 Å². The molecule has 0 heterocycles. The van der Waals surface area contributed by atoms with E-state index >= 15 is 0 Å². The summed E-state index contributed by atoms with van der Waals surface area (Å²) >= 11 is 0. The molecule has 2 aliphatic rings. The maximum absolute atomic E-state index is 5.97. The van der Waals surface area contributed by atoms with Crippen LogP contribution in [-0.2, 0) is 4.43 Å². The highest BCUT2D eigenvalue weighted by atomic mass is 28.4. The zero-order chi connectivity index (χ0) is 9.47. The normalized spacial score (nSPS) is 37.3. The fourth-order valence-electron chi connectivity index (χ4n) is 2.44. The van der Waals surface area contributed by atoms with Gasteiger partial charge >= 0.3 is 0 Å². The molecule has 0 aromatic heterocycles. The van der Waals surface area contributed by atoms with Crippen LogP contribution in [0.4, 0.5) is 0 Å². The SMILES string of the molecule is C[Si](C)(C)OCC1CC2C=CC1C2. The minimum Gasteiger partial charge on any atom is -0.417 e. The first-order valence-electron chi connectivity index (χ1n) is 5.37. The third-order valence-electron chi connectivity index (χ3n) is 3.15. The Bertz CT molecular complexity index is 217. The summed E-state index contributed by atoms with van der Waals surface area (Å²) in [7, 11) is -1.28. The first-order chi connectivity index (χ1) is 6.04. The molecular formula is C11H20OSi. The van der Waals surface area contributed by atoms with Crippen molar-refractivity contribution in [3.63, 3.8) is 0 Å². The van der Waals surface area contributed by atoms with Gasteiger partial charge in [-0.15, -0.1) is 0 Å². The van der Waals surface area contributed by atoms with E-state index in [0.717, 1.165) is 24.4 Å². The monoisotopic (exact) mass is 196 g/mol. The van der Waals surface area contributed by atoms with Gasteiger partial charge in [0.2, 0.25) is 0 Å². The van der Waals surface area contributed by atoms with Gasteiger partial charge in [-0.1, -0.05) is 12.2 Å². The summed E-state index contributed by atoms with van der Waals surface area (Å²) in [5, 5.41) is 0. The van der Waals surface area contributed by atoms with Crippen LogP contribution in [0.1, 0.15) is 12.8 Å². The molecule has 0 saturated heterocycles. The van der Waals surface area contributed by atoms with Gasteiger partial charge in [-0.3, -0.25) is 0 Å². The van der Waals surface area contributed by atoms with Gasteiger partial charge in [0, 0.05) is 6.61 Å². The van der Waals surface area contributed by atoms with Gasteiger partial charge in [0.25, 0.3) is 0 Å². The van der Waals surface area contributed by atoms with Crippen LogP contribution in [0.15, 0.2) is 12.2 Å². The summed E-state index contributed by atoms with van der Waals surface area (Å²) in [6.07, 6.45) is 7.59. The lowest BCUT2D eigenvalue weighted by Gasteiger charge is -2.24. The second-order valence-electron chi connectivity index (χ2n) is 5.46. The van der Waals surface area contributed by atoms with Crippen LogP contribution >= 0.6 is 0 Å². The first kappa shape index (κ1) is 9.47. The number of allylic oxidation sites excluding steroid dienone is 2. The molecule has 2 rings (SSSR count). The second kappa shape index (κ2) is 3.25. The van der Waals surface area contributed by atoms with E-state index in [1.807, 2.05) is 0 Å². The number of fused-ring (bicyclic) bond motifs is 2. The van der Waals surface area contributed by atoms with Crippen molar-refractivity contribution in [2.75, 3.05) is 6.61 Å². The van der Waals surface area contributed by atoms with E-state index in [-0.39, 0.29) is 0 Å². The molecule has 2 aliphatic carbocycles. The molecule has 0 radical (unpaired) electrons. The largest absolute Gasteiger partial charge is 0.417 e. The molecule has 13 heavy (non-hydrogen) atoms. The average molecular weight is 196 g/mol. The average Bonchev–Trinajstić information content (AvgIpc) is 2.58. The van der Waals surface area contributed by atoms with Crippen molar-refractivity contribution in [3.05, 3.63) is 12.2 Å². The highest BCUT2D eigenvalue weighted by molar-refractivity contribution is 6.69. The van der Waals surface area contributed by atoms with Crippen LogP contribution < -0.4 is 0 Å². The highest BCUT2D eigenvalue weighted by Crippen LogP contribution is 2.43. The van der Waals surface area contributed by atoms with Crippen LogP contribution in [0.5, 0.6) is 0 Å². The molecule has 2 bridgehead atoms. The lowest BCUT2D eigenvalue weighted by atomic mass is 9.95. The van der Waals surface area contributed by atoms with Gasteiger partial charge in [-0.05, 0) is 50.2 Å². The first-order valence-corrected chi connectivity index (χ1v) is 8.78. The van der Waals surface area contributed by atoms with Crippen molar-refractivity contribution >= 4 is 8.32 Å². The molecule has 1 saturated carbocycles.